The first-order valence-electron chi connectivity index (χ1n) is 9.44. The van der Waals surface area contributed by atoms with Crippen molar-refractivity contribution in [3.05, 3.63) is 70.3 Å². The van der Waals surface area contributed by atoms with E-state index < -0.39 is 5.97 Å². The number of allylic oxidation sites excluding steroid dienone is 1. The largest absolute Gasteiger partial charge is 0.478 e. The number of carbonyl (C=O) groups is 1. The number of benzene rings is 2. The van der Waals surface area contributed by atoms with E-state index in [1.165, 1.54) is 41.5 Å². The second kappa shape index (κ2) is 7.11. The molecule has 2 aromatic carbocycles. The molecular weight excluding hydrogens is 320 g/mol. The Morgan fingerprint density at radius 1 is 1.12 bits per heavy atom. The molecule has 1 N–H and O–H groups in total. The fourth-order valence-corrected chi connectivity index (χ4v) is 4.03. The molecule has 0 amide bonds. The summed E-state index contributed by atoms with van der Waals surface area (Å²) in [6, 6.07) is 14.0. The van der Waals surface area contributed by atoms with Gasteiger partial charge < -0.3 is 5.11 Å². The second-order valence-electron chi connectivity index (χ2n) is 8.23. The summed E-state index contributed by atoms with van der Waals surface area (Å²) >= 11 is 0. The van der Waals surface area contributed by atoms with Gasteiger partial charge in [0.15, 0.2) is 0 Å². The summed E-state index contributed by atoms with van der Waals surface area (Å²) in [4.78, 5) is 11.0. The third kappa shape index (κ3) is 3.75. The van der Waals surface area contributed by atoms with Gasteiger partial charge in [-0.15, -0.1) is 0 Å². The van der Waals surface area contributed by atoms with Gasteiger partial charge in [-0.05, 0) is 71.1 Å². The Morgan fingerprint density at radius 2 is 1.77 bits per heavy atom. The highest BCUT2D eigenvalue weighted by atomic mass is 16.4. The molecule has 0 aliphatic heterocycles. The van der Waals surface area contributed by atoms with Crippen molar-refractivity contribution >= 4 is 17.6 Å². The van der Waals surface area contributed by atoms with Gasteiger partial charge in [-0.25, -0.2) is 4.79 Å². The summed E-state index contributed by atoms with van der Waals surface area (Å²) < 4.78 is 0. The summed E-state index contributed by atoms with van der Waals surface area (Å²) in [5.41, 5.74) is 7.00. The van der Waals surface area contributed by atoms with Crippen LogP contribution in [0, 0.1) is 0 Å². The first-order valence-corrected chi connectivity index (χ1v) is 9.44. The van der Waals surface area contributed by atoms with Gasteiger partial charge in [0.25, 0.3) is 0 Å². The zero-order chi connectivity index (χ0) is 18.9. The van der Waals surface area contributed by atoms with Crippen LogP contribution < -0.4 is 0 Å². The monoisotopic (exact) mass is 348 g/mol. The van der Waals surface area contributed by atoms with Crippen molar-refractivity contribution in [3.8, 4) is 0 Å². The van der Waals surface area contributed by atoms with Gasteiger partial charge in [0.05, 0.1) is 5.56 Å². The summed E-state index contributed by atoms with van der Waals surface area (Å²) in [7, 11) is 0. The molecule has 2 aromatic rings. The Hall–Kier alpha value is -2.35. The van der Waals surface area contributed by atoms with Crippen LogP contribution in [0.15, 0.2) is 42.5 Å². The number of hydrogen-bond donors (Lipinski definition) is 1. The quantitative estimate of drug-likeness (QED) is 0.507. The zero-order valence-corrected chi connectivity index (χ0v) is 16.2. The van der Waals surface area contributed by atoms with Crippen molar-refractivity contribution in [1.29, 1.82) is 0 Å². The van der Waals surface area contributed by atoms with Crippen LogP contribution in [0.2, 0.25) is 0 Å². The van der Waals surface area contributed by atoms with E-state index in [4.69, 9.17) is 5.11 Å². The average Bonchev–Trinajstić information content (AvgIpc) is 2.71. The smallest absolute Gasteiger partial charge is 0.335 e. The van der Waals surface area contributed by atoms with Crippen LogP contribution in [-0.4, -0.2) is 11.1 Å². The van der Waals surface area contributed by atoms with E-state index in [9.17, 15) is 4.79 Å². The maximum absolute atomic E-state index is 11.0. The molecule has 0 aromatic heterocycles. The Balaban J connectivity index is 1.95. The molecule has 0 bridgehead atoms. The van der Waals surface area contributed by atoms with Gasteiger partial charge in [-0.2, -0.15) is 0 Å². The van der Waals surface area contributed by atoms with Crippen molar-refractivity contribution < 1.29 is 9.90 Å². The predicted molar refractivity (Wildman–Crippen MR) is 109 cm³/mol. The van der Waals surface area contributed by atoms with Crippen molar-refractivity contribution in [1.82, 2.24) is 0 Å². The Kier molecular flexibility index (Phi) is 5.04. The first kappa shape index (κ1) is 18.4. The molecule has 2 nitrogen and oxygen atoms in total. The molecule has 1 unspecified atom stereocenters. The summed E-state index contributed by atoms with van der Waals surface area (Å²) in [5, 5.41) is 9.02. The molecule has 3 rings (SSSR count). The van der Waals surface area contributed by atoms with E-state index in [-0.39, 0.29) is 5.41 Å². The summed E-state index contributed by atoms with van der Waals surface area (Å²) in [6.45, 7) is 9.18. The van der Waals surface area contributed by atoms with Crippen molar-refractivity contribution in [2.45, 2.75) is 58.3 Å². The topological polar surface area (TPSA) is 37.3 Å². The maximum Gasteiger partial charge on any atom is 0.335 e. The molecule has 1 aliphatic rings. The zero-order valence-electron chi connectivity index (χ0n) is 16.2. The van der Waals surface area contributed by atoms with E-state index >= 15 is 0 Å². The van der Waals surface area contributed by atoms with Gasteiger partial charge in [-0.3, -0.25) is 0 Å². The van der Waals surface area contributed by atoms with Gasteiger partial charge in [0.2, 0.25) is 0 Å². The van der Waals surface area contributed by atoms with Crippen molar-refractivity contribution in [2.75, 3.05) is 0 Å². The lowest BCUT2D eigenvalue weighted by Crippen LogP contribution is -2.17. The molecule has 0 heterocycles. The molecule has 2 heteroatoms. The van der Waals surface area contributed by atoms with Crippen LogP contribution in [0.4, 0.5) is 0 Å². The van der Waals surface area contributed by atoms with E-state index in [1.54, 1.807) is 12.1 Å². The van der Waals surface area contributed by atoms with E-state index in [1.807, 2.05) is 12.1 Å². The van der Waals surface area contributed by atoms with Gasteiger partial charge in [0, 0.05) is 0 Å². The lowest BCUT2D eigenvalue weighted by molar-refractivity contribution is 0.0697. The van der Waals surface area contributed by atoms with Crippen LogP contribution >= 0.6 is 0 Å². The SMILES string of the molecule is CC(=Cc1ccc(C(=O)O)cc1)c1ccc2c(c1)C(C)CCCC2(C)C. The number of aromatic carboxylic acids is 1. The van der Waals surface area contributed by atoms with Gasteiger partial charge >= 0.3 is 5.97 Å². The summed E-state index contributed by atoms with van der Waals surface area (Å²) in [5.74, 6) is -0.297. The lowest BCUT2D eigenvalue weighted by Gasteiger charge is -2.26. The average molecular weight is 348 g/mol. The number of carboxylic acid groups (broad SMARTS) is 1. The third-order valence-electron chi connectivity index (χ3n) is 5.75. The number of carboxylic acids is 1. The highest BCUT2D eigenvalue weighted by Gasteiger charge is 2.28. The van der Waals surface area contributed by atoms with Crippen molar-refractivity contribution in [2.24, 2.45) is 0 Å². The van der Waals surface area contributed by atoms with Crippen LogP contribution in [0.3, 0.4) is 0 Å². The van der Waals surface area contributed by atoms with Crippen LogP contribution in [-0.2, 0) is 5.41 Å². The molecule has 1 aliphatic carbocycles. The molecule has 26 heavy (non-hydrogen) atoms. The number of fused-ring (bicyclic) bond motifs is 1. The standard InChI is InChI=1S/C24H28O2/c1-16-6-5-13-24(3,4)22-12-11-20(15-21(16)22)17(2)14-18-7-9-19(10-8-18)23(25)26/h7-12,14-16H,5-6,13H2,1-4H3,(H,25,26). The first-order chi connectivity index (χ1) is 12.3. The lowest BCUT2D eigenvalue weighted by atomic mass is 9.78. The fourth-order valence-electron chi connectivity index (χ4n) is 4.03. The van der Waals surface area contributed by atoms with Crippen LogP contribution in [0.25, 0.3) is 11.6 Å². The second-order valence-corrected chi connectivity index (χ2v) is 8.23. The summed E-state index contributed by atoms with van der Waals surface area (Å²) in [6.07, 6.45) is 5.90. The van der Waals surface area contributed by atoms with Crippen LogP contribution in [0.1, 0.15) is 85.5 Å². The van der Waals surface area contributed by atoms with Crippen molar-refractivity contribution in [3.63, 3.8) is 0 Å². The fraction of sp³-hybridized carbons (Fsp3) is 0.375. The van der Waals surface area contributed by atoms with Gasteiger partial charge in [0.1, 0.15) is 0 Å². The van der Waals surface area contributed by atoms with E-state index in [0.717, 1.165) is 5.56 Å². The minimum atomic E-state index is -0.889. The highest BCUT2D eigenvalue weighted by Crippen LogP contribution is 2.41. The normalized spacial score (nSPS) is 19.5. The minimum Gasteiger partial charge on any atom is -0.478 e. The van der Waals surface area contributed by atoms with Crippen LogP contribution in [0.5, 0.6) is 0 Å². The van der Waals surface area contributed by atoms with Gasteiger partial charge in [-0.1, -0.05) is 63.6 Å². The highest BCUT2D eigenvalue weighted by molar-refractivity contribution is 5.88. The third-order valence-corrected chi connectivity index (χ3v) is 5.75. The molecule has 0 fully saturated rings. The molecule has 0 saturated heterocycles. The number of rotatable bonds is 3. The molecule has 0 radical (unpaired) electrons. The molecule has 0 saturated carbocycles. The van der Waals surface area contributed by atoms with E-state index in [2.05, 4.69) is 52.0 Å². The molecule has 136 valence electrons. The molecular formula is C24H28O2. The Morgan fingerprint density at radius 3 is 2.42 bits per heavy atom. The maximum atomic E-state index is 11.0. The Labute approximate surface area is 156 Å². The Bertz CT molecular complexity index is 841. The minimum absolute atomic E-state index is 0.239. The van der Waals surface area contributed by atoms with E-state index in [0.29, 0.717) is 11.5 Å². The number of hydrogen-bond acceptors (Lipinski definition) is 1. The predicted octanol–water partition coefficient (Wildman–Crippen LogP) is 6.51. The molecule has 0 spiro atoms. The molecule has 1 atom stereocenters.